The van der Waals surface area contributed by atoms with Crippen molar-refractivity contribution in [3.63, 3.8) is 0 Å². The van der Waals surface area contributed by atoms with Gasteiger partial charge in [0, 0.05) is 34.7 Å². The molecule has 4 heteroatoms. The fourth-order valence-electron chi connectivity index (χ4n) is 2.37. The monoisotopic (exact) mass is 348 g/mol. The van der Waals surface area contributed by atoms with E-state index in [1.54, 1.807) is 11.3 Å². The molecule has 1 N–H and O–H groups in total. The second-order valence-electron chi connectivity index (χ2n) is 4.81. The van der Waals surface area contributed by atoms with Crippen LogP contribution >= 0.6 is 27.3 Å². The van der Waals surface area contributed by atoms with Gasteiger partial charge in [0.05, 0.1) is 0 Å². The Bertz CT molecular complexity index is 673. The Morgan fingerprint density at radius 3 is 2.95 bits per heavy atom. The molecule has 0 atom stereocenters. The smallest absolute Gasteiger partial charge is 0.0492 e. The molecule has 3 aromatic rings. The average Bonchev–Trinajstić information content (AvgIpc) is 3.09. The summed E-state index contributed by atoms with van der Waals surface area (Å²) in [5.41, 5.74) is 2.72. The van der Waals surface area contributed by atoms with E-state index in [1.165, 1.54) is 20.9 Å². The molecular formula is C16H17BrN2S. The summed E-state index contributed by atoms with van der Waals surface area (Å²) < 4.78 is 3.47. The van der Waals surface area contributed by atoms with Gasteiger partial charge in [-0.3, -0.25) is 0 Å². The predicted octanol–water partition coefficient (Wildman–Crippen LogP) is 4.30. The number of aromatic nitrogens is 1. The van der Waals surface area contributed by atoms with Crippen LogP contribution in [-0.4, -0.2) is 17.7 Å². The Hall–Kier alpha value is -1.10. The Balaban J connectivity index is 1.51. The van der Waals surface area contributed by atoms with E-state index < -0.39 is 0 Å². The summed E-state index contributed by atoms with van der Waals surface area (Å²) in [7, 11) is 0. The molecule has 0 saturated carbocycles. The van der Waals surface area contributed by atoms with Crippen molar-refractivity contribution in [1.82, 2.24) is 9.88 Å². The van der Waals surface area contributed by atoms with E-state index in [0.717, 1.165) is 26.1 Å². The number of halogens is 1. The molecule has 0 aliphatic rings. The van der Waals surface area contributed by atoms with E-state index in [-0.39, 0.29) is 0 Å². The first-order valence-corrected chi connectivity index (χ1v) is 8.53. The summed E-state index contributed by atoms with van der Waals surface area (Å²) in [5.74, 6) is 0. The van der Waals surface area contributed by atoms with Crippen LogP contribution in [0.5, 0.6) is 0 Å². The number of hydrogen-bond donors (Lipinski definition) is 1. The van der Waals surface area contributed by atoms with Gasteiger partial charge in [0.15, 0.2) is 0 Å². The lowest BCUT2D eigenvalue weighted by atomic mass is 10.2. The summed E-state index contributed by atoms with van der Waals surface area (Å²) in [6, 6.07) is 10.7. The van der Waals surface area contributed by atoms with Crippen molar-refractivity contribution in [3.05, 3.63) is 57.3 Å². The maximum absolute atomic E-state index is 3.60. The molecule has 0 saturated heterocycles. The van der Waals surface area contributed by atoms with Crippen LogP contribution in [-0.2, 0) is 13.0 Å². The minimum absolute atomic E-state index is 1.00. The number of nitrogens with zero attached hydrogens (tertiary/aromatic N) is 1. The van der Waals surface area contributed by atoms with Crippen LogP contribution in [0, 0.1) is 0 Å². The Labute approximate surface area is 131 Å². The third kappa shape index (κ3) is 3.14. The van der Waals surface area contributed by atoms with Crippen molar-refractivity contribution >= 4 is 38.2 Å². The first-order valence-electron chi connectivity index (χ1n) is 6.80. The number of fused-ring (bicyclic) bond motifs is 1. The molecule has 0 amide bonds. The fourth-order valence-corrected chi connectivity index (χ4v) is 3.56. The van der Waals surface area contributed by atoms with E-state index in [2.05, 4.69) is 73.1 Å². The standard InChI is InChI=1S/C16H17BrN2S/c17-15-2-1-3-16-14(15)5-9-19(16)10-8-18-7-4-13-6-11-20-12-13/h1-3,5-6,9,11-12,18H,4,7-8,10H2. The highest BCUT2D eigenvalue weighted by Gasteiger charge is 2.03. The third-order valence-corrected chi connectivity index (χ3v) is 4.88. The van der Waals surface area contributed by atoms with Crippen molar-refractivity contribution in [2.75, 3.05) is 13.1 Å². The summed E-state index contributed by atoms with van der Waals surface area (Å²) in [5, 5.41) is 9.16. The van der Waals surface area contributed by atoms with Crippen molar-refractivity contribution in [2.45, 2.75) is 13.0 Å². The molecule has 2 nitrogen and oxygen atoms in total. The van der Waals surface area contributed by atoms with Crippen LogP contribution in [0.3, 0.4) is 0 Å². The average molecular weight is 349 g/mol. The van der Waals surface area contributed by atoms with Gasteiger partial charge in [-0.1, -0.05) is 22.0 Å². The minimum Gasteiger partial charge on any atom is -0.346 e. The van der Waals surface area contributed by atoms with Crippen molar-refractivity contribution in [3.8, 4) is 0 Å². The van der Waals surface area contributed by atoms with Gasteiger partial charge < -0.3 is 9.88 Å². The van der Waals surface area contributed by atoms with Gasteiger partial charge in [-0.05, 0) is 53.6 Å². The summed E-state index contributed by atoms with van der Waals surface area (Å²) >= 11 is 5.37. The van der Waals surface area contributed by atoms with Gasteiger partial charge in [0.2, 0.25) is 0 Å². The van der Waals surface area contributed by atoms with Crippen LogP contribution < -0.4 is 5.32 Å². The summed E-state index contributed by atoms with van der Waals surface area (Å²) in [4.78, 5) is 0. The van der Waals surface area contributed by atoms with Crippen LogP contribution in [0.25, 0.3) is 10.9 Å². The lowest BCUT2D eigenvalue weighted by Crippen LogP contribution is -2.22. The lowest BCUT2D eigenvalue weighted by molar-refractivity contribution is 0.610. The minimum atomic E-state index is 1.00. The van der Waals surface area contributed by atoms with Gasteiger partial charge in [-0.2, -0.15) is 11.3 Å². The zero-order valence-electron chi connectivity index (χ0n) is 11.2. The number of benzene rings is 1. The molecule has 0 radical (unpaired) electrons. The zero-order valence-corrected chi connectivity index (χ0v) is 13.6. The highest BCUT2D eigenvalue weighted by molar-refractivity contribution is 9.10. The predicted molar refractivity (Wildman–Crippen MR) is 90.5 cm³/mol. The van der Waals surface area contributed by atoms with Crippen LogP contribution in [0.4, 0.5) is 0 Å². The molecule has 0 spiro atoms. The Morgan fingerprint density at radius 1 is 1.15 bits per heavy atom. The second-order valence-corrected chi connectivity index (χ2v) is 6.45. The normalized spacial score (nSPS) is 11.2. The Morgan fingerprint density at radius 2 is 2.10 bits per heavy atom. The van der Waals surface area contributed by atoms with Crippen LogP contribution in [0.2, 0.25) is 0 Å². The maximum atomic E-state index is 3.60. The van der Waals surface area contributed by atoms with Crippen molar-refractivity contribution in [1.29, 1.82) is 0 Å². The first kappa shape index (κ1) is 13.9. The molecule has 2 aromatic heterocycles. The largest absolute Gasteiger partial charge is 0.346 e. The van der Waals surface area contributed by atoms with E-state index in [0.29, 0.717) is 0 Å². The molecule has 0 bridgehead atoms. The maximum Gasteiger partial charge on any atom is 0.0492 e. The number of rotatable bonds is 6. The summed E-state index contributed by atoms with van der Waals surface area (Å²) in [6.45, 7) is 3.05. The molecule has 0 aliphatic heterocycles. The molecule has 1 aromatic carbocycles. The van der Waals surface area contributed by atoms with Gasteiger partial charge in [0.1, 0.15) is 0 Å². The fraction of sp³-hybridized carbons (Fsp3) is 0.250. The third-order valence-electron chi connectivity index (χ3n) is 3.46. The van der Waals surface area contributed by atoms with E-state index in [4.69, 9.17) is 0 Å². The second kappa shape index (κ2) is 6.57. The summed E-state index contributed by atoms with van der Waals surface area (Å²) in [6.07, 6.45) is 3.28. The number of nitrogens with one attached hydrogen (secondary N) is 1. The lowest BCUT2D eigenvalue weighted by Gasteiger charge is -2.07. The van der Waals surface area contributed by atoms with Gasteiger partial charge >= 0.3 is 0 Å². The molecular weight excluding hydrogens is 332 g/mol. The SMILES string of the molecule is Brc1cccc2c1ccn2CCNCCc1ccsc1. The van der Waals surface area contributed by atoms with Gasteiger partial charge in [-0.15, -0.1) is 0 Å². The quantitative estimate of drug-likeness (QED) is 0.657. The van der Waals surface area contributed by atoms with Crippen molar-refractivity contribution < 1.29 is 0 Å². The molecule has 2 heterocycles. The molecule has 0 aliphatic carbocycles. The van der Waals surface area contributed by atoms with Crippen LogP contribution in [0.1, 0.15) is 5.56 Å². The molecule has 20 heavy (non-hydrogen) atoms. The topological polar surface area (TPSA) is 17.0 Å². The number of thiophene rings is 1. The zero-order chi connectivity index (χ0) is 13.8. The van der Waals surface area contributed by atoms with Crippen molar-refractivity contribution in [2.24, 2.45) is 0 Å². The van der Waals surface area contributed by atoms with Gasteiger partial charge in [0.25, 0.3) is 0 Å². The highest BCUT2D eigenvalue weighted by Crippen LogP contribution is 2.24. The van der Waals surface area contributed by atoms with E-state index in [9.17, 15) is 0 Å². The Kier molecular flexibility index (Phi) is 4.55. The van der Waals surface area contributed by atoms with E-state index in [1.807, 2.05) is 0 Å². The van der Waals surface area contributed by atoms with E-state index >= 15 is 0 Å². The molecule has 3 rings (SSSR count). The highest BCUT2D eigenvalue weighted by atomic mass is 79.9. The molecule has 0 fully saturated rings. The van der Waals surface area contributed by atoms with Crippen LogP contribution in [0.15, 0.2) is 51.8 Å². The molecule has 104 valence electrons. The first-order chi connectivity index (χ1) is 9.84. The van der Waals surface area contributed by atoms with Gasteiger partial charge in [-0.25, -0.2) is 0 Å². The number of hydrogen-bond acceptors (Lipinski definition) is 2. The molecule has 0 unspecified atom stereocenters.